The molecule has 0 aliphatic rings. The molecular weight excluding hydrogens is 695 g/mol. The summed E-state index contributed by atoms with van der Waals surface area (Å²) in [5, 5.41) is 8.90. The second-order valence-corrected chi connectivity index (χ2v) is 8.52. The second-order valence-electron chi connectivity index (χ2n) is 8.52. The van der Waals surface area contributed by atoms with Crippen LogP contribution >= 0.6 is 0 Å². The molecule has 0 aliphatic carbocycles. The molecule has 0 saturated heterocycles. The lowest BCUT2D eigenvalue weighted by molar-refractivity contribution is -0.483. The van der Waals surface area contributed by atoms with Crippen molar-refractivity contribution in [2.45, 2.75) is 104 Å². The van der Waals surface area contributed by atoms with Crippen LogP contribution in [0.2, 0.25) is 0 Å². The van der Waals surface area contributed by atoms with Gasteiger partial charge in [-0.25, -0.2) is 0 Å². The summed E-state index contributed by atoms with van der Waals surface area (Å²) in [4.78, 5) is 0. The zero-order valence-corrected chi connectivity index (χ0v) is 19.6. The van der Waals surface area contributed by atoms with Gasteiger partial charge in [0.25, 0.3) is 0 Å². The van der Waals surface area contributed by atoms with Crippen molar-refractivity contribution in [3.63, 3.8) is 0 Å². The van der Waals surface area contributed by atoms with E-state index in [-0.39, 0.29) is 0 Å². The third kappa shape index (κ3) is 5.11. The van der Waals surface area contributed by atoms with Gasteiger partial charge in [0, 0.05) is 0 Å². The predicted molar refractivity (Wildman–Crippen MR) is 86.0 cm³/mol. The number of unbranched alkanes of at least 4 members (excludes halogenated alkanes) is 1. The van der Waals surface area contributed by atoms with Crippen LogP contribution in [0.25, 0.3) is 0 Å². The molecule has 0 spiro atoms. The fraction of sp³-hybridized carbons (Fsp3) is 1.00. The highest BCUT2D eigenvalue weighted by Gasteiger charge is 2.99. The number of hydrogen-bond acceptors (Lipinski definition) is 1. The molecule has 260 valence electrons. The van der Waals surface area contributed by atoms with Crippen LogP contribution in [0.5, 0.6) is 0 Å². The summed E-state index contributed by atoms with van der Waals surface area (Å²) in [6.07, 6.45) is -15.5. The molecule has 1 atom stereocenters. The minimum absolute atomic E-state index is 0.391. The van der Waals surface area contributed by atoms with Crippen molar-refractivity contribution < 1.29 is 115 Å². The number of aliphatic hydroxyl groups is 1. The van der Waals surface area contributed by atoms with Crippen LogP contribution in [0.4, 0.5) is 110 Å². The van der Waals surface area contributed by atoms with Crippen LogP contribution in [0.15, 0.2) is 0 Å². The Labute approximate surface area is 220 Å². The van der Waals surface area contributed by atoms with Gasteiger partial charge in [-0.2, -0.15) is 110 Å². The van der Waals surface area contributed by atoms with Crippen LogP contribution < -0.4 is 0 Å². The van der Waals surface area contributed by atoms with Crippen molar-refractivity contribution in [2.75, 3.05) is 0 Å². The van der Waals surface area contributed by atoms with Gasteiger partial charge in [0.1, 0.15) is 6.10 Å². The molecule has 1 unspecified atom stereocenters. The first-order valence-corrected chi connectivity index (χ1v) is 10.1. The Balaban J connectivity index is 7.29. The maximum atomic E-state index is 13.8. The minimum atomic E-state index is -9.62. The Morgan fingerprint density at radius 3 is 0.791 bits per heavy atom. The van der Waals surface area contributed by atoms with Crippen LogP contribution in [0.1, 0.15) is 26.2 Å². The van der Waals surface area contributed by atoms with Gasteiger partial charge in [-0.3, -0.25) is 0 Å². The van der Waals surface area contributed by atoms with E-state index >= 15 is 0 Å². The number of alkyl halides is 25. The van der Waals surface area contributed by atoms with E-state index in [4.69, 9.17) is 5.11 Å². The van der Waals surface area contributed by atoms with E-state index in [1.54, 1.807) is 0 Å². The van der Waals surface area contributed by atoms with Gasteiger partial charge in [0.2, 0.25) is 0 Å². The molecule has 0 aromatic rings. The Bertz CT molecular complexity index is 975. The quantitative estimate of drug-likeness (QED) is 0.179. The van der Waals surface area contributed by atoms with Gasteiger partial charge < -0.3 is 5.11 Å². The second kappa shape index (κ2) is 10.6. The zero-order valence-electron chi connectivity index (χ0n) is 19.6. The van der Waals surface area contributed by atoms with Crippen molar-refractivity contribution in [3.05, 3.63) is 0 Å². The third-order valence-corrected chi connectivity index (χ3v) is 5.57. The number of aliphatic hydroxyl groups excluding tert-OH is 1. The molecule has 43 heavy (non-hydrogen) atoms. The number of halogens is 25. The lowest BCUT2D eigenvalue weighted by Crippen LogP contribution is -2.78. The molecule has 0 bridgehead atoms. The van der Waals surface area contributed by atoms with Crippen molar-refractivity contribution in [1.29, 1.82) is 0 Å². The highest BCUT2D eigenvalue weighted by molar-refractivity contribution is 5.20. The van der Waals surface area contributed by atoms with Crippen molar-refractivity contribution in [2.24, 2.45) is 0 Å². The Kier molecular flexibility index (Phi) is 10.2. The molecule has 0 aromatic heterocycles. The van der Waals surface area contributed by atoms with Gasteiger partial charge in [-0.1, -0.05) is 19.8 Å². The third-order valence-electron chi connectivity index (χ3n) is 5.57. The normalized spacial score (nSPS) is 17.4. The lowest BCUT2D eigenvalue weighted by Gasteiger charge is -2.46. The molecular formula is C17H11F25O. The number of rotatable bonds is 14. The fourth-order valence-corrected chi connectivity index (χ4v) is 2.75. The van der Waals surface area contributed by atoms with Crippen LogP contribution in [0.3, 0.4) is 0 Å². The van der Waals surface area contributed by atoms with E-state index < -0.39 is 96.7 Å². The summed E-state index contributed by atoms with van der Waals surface area (Å²) in [6.45, 7) is 1.01. The van der Waals surface area contributed by atoms with Gasteiger partial charge in [0.05, 0.1) is 0 Å². The largest absolute Gasteiger partial charge is 0.460 e. The fourth-order valence-electron chi connectivity index (χ4n) is 2.75. The van der Waals surface area contributed by atoms with E-state index in [0.717, 1.165) is 6.92 Å². The first-order valence-electron chi connectivity index (χ1n) is 10.1. The average Bonchev–Trinajstić information content (AvgIpc) is 2.80. The summed E-state index contributed by atoms with van der Waals surface area (Å²) >= 11 is 0. The Hall–Kier alpha value is -1.79. The average molecular weight is 706 g/mol. The zero-order chi connectivity index (χ0) is 35.7. The first-order chi connectivity index (χ1) is 18.2. The van der Waals surface area contributed by atoms with E-state index in [0.29, 0.717) is 0 Å². The molecule has 0 aliphatic heterocycles. The van der Waals surface area contributed by atoms with Crippen molar-refractivity contribution >= 4 is 0 Å². The number of hydrogen-bond donors (Lipinski definition) is 1. The molecule has 0 aromatic carbocycles. The van der Waals surface area contributed by atoms with Crippen LogP contribution in [0, 0.1) is 0 Å². The maximum absolute atomic E-state index is 13.8. The first kappa shape index (κ1) is 41.2. The topological polar surface area (TPSA) is 20.2 Å². The molecule has 0 amide bonds. The molecule has 0 rings (SSSR count). The molecule has 0 heterocycles. The summed E-state index contributed by atoms with van der Waals surface area (Å²) in [5.74, 6) is -99.0. The van der Waals surface area contributed by atoms with E-state index in [2.05, 4.69) is 0 Å². The summed E-state index contributed by atoms with van der Waals surface area (Å²) in [6, 6.07) is 0. The molecule has 26 heteroatoms. The summed E-state index contributed by atoms with van der Waals surface area (Å²) in [7, 11) is 0. The van der Waals surface area contributed by atoms with Gasteiger partial charge >= 0.3 is 71.3 Å². The Morgan fingerprint density at radius 1 is 0.372 bits per heavy atom. The van der Waals surface area contributed by atoms with Crippen molar-refractivity contribution in [3.8, 4) is 0 Å². The smallest absolute Gasteiger partial charge is 0.387 e. The standard InChI is InChI=1S/C17H11F25O/c1-2-3-4-5(43)6(18,19)7(20,21)8(22,23)9(24,25)10(26,27)11(28,29)12(30,31)13(32,33)14(34,35)15(36,37)16(38,39)17(40,41)42/h5,43H,2-4H2,1H3. The van der Waals surface area contributed by atoms with E-state index in [9.17, 15) is 110 Å². The molecule has 0 saturated carbocycles. The lowest BCUT2D eigenvalue weighted by atomic mass is 9.84. The van der Waals surface area contributed by atoms with Gasteiger partial charge in [-0.05, 0) is 6.42 Å². The van der Waals surface area contributed by atoms with E-state index in [1.807, 2.05) is 0 Å². The SMILES string of the molecule is CCCCC(O)C(F)(F)C(F)(F)C(F)(F)C(F)(F)C(F)(F)C(F)(F)C(F)(F)C(F)(F)C(F)(F)C(F)(F)C(F)(F)C(F)(F)F. The highest BCUT2D eigenvalue weighted by atomic mass is 19.4. The minimum Gasteiger partial charge on any atom is -0.387 e. The maximum Gasteiger partial charge on any atom is 0.460 e. The monoisotopic (exact) mass is 706 g/mol. The molecule has 0 fully saturated rings. The molecule has 0 radical (unpaired) electrons. The molecule has 1 nitrogen and oxygen atoms in total. The van der Waals surface area contributed by atoms with Crippen molar-refractivity contribution in [1.82, 2.24) is 0 Å². The van der Waals surface area contributed by atoms with Gasteiger partial charge in [-0.15, -0.1) is 0 Å². The Morgan fingerprint density at radius 2 is 0.581 bits per heavy atom. The van der Waals surface area contributed by atoms with Crippen LogP contribution in [-0.2, 0) is 0 Å². The van der Waals surface area contributed by atoms with Crippen LogP contribution in [-0.4, -0.2) is 82.5 Å². The predicted octanol–water partition coefficient (Wildman–Crippen LogP) is 9.09. The summed E-state index contributed by atoms with van der Waals surface area (Å²) in [5.41, 5.74) is 0. The van der Waals surface area contributed by atoms with Gasteiger partial charge in [0.15, 0.2) is 0 Å². The molecule has 1 N–H and O–H groups in total. The highest BCUT2D eigenvalue weighted by Crippen LogP contribution is 2.67. The summed E-state index contributed by atoms with van der Waals surface area (Å²) < 4.78 is 333. The van der Waals surface area contributed by atoms with E-state index in [1.165, 1.54) is 0 Å².